The van der Waals surface area contributed by atoms with Gasteiger partial charge in [-0.15, -0.1) is 35.3 Å². The van der Waals surface area contributed by atoms with Crippen molar-refractivity contribution in [2.45, 2.75) is 32.5 Å². The number of thiophene rings is 1. The van der Waals surface area contributed by atoms with Crippen LogP contribution in [0.4, 0.5) is 0 Å². The summed E-state index contributed by atoms with van der Waals surface area (Å²) >= 11 is 1.62. The lowest BCUT2D eigenvalue weighted by atomic mass is 10.1. The van der Waals surface area contributed by atoms with Crippen LogP contribution in [0.5, 0.6) is 0 Å². The first-order valence-corrected chi connectivity index (χ1v) is 11.8. The van der Waals surface area contributed by atoms with Gasteiger partial charge in [0.05, 0.1) is 0 Å². The van der Waals surface area contributed by atoms with Crippen LogP contribution in [0.3, 0.4) is 0 Å². The van der Waals surface area contributed by atoms with Crippen LogP contribution in [-0.4, -0.2) is 33.7 Å². The Morgan fingerprint density at radius 3 is 2.70 bits per heavy atom. The van der Waals surface area contributed by atoms with Gasteiger partial charge in [0.25, 0.3) is 0 Å². The Balaban J connectivity index is 0.00000306. The van der Waals surface area contributed by atoms with E-state index < -0.39 is 6.10 Å². The van der Waals surface area contributed by atoms with E-state index >= 15 is 0 Å². The molecule has 0 fully saturated rings. The fourth-order valence-corrected chi connectivity index (χ4v) is 4.59. The summed E-state index contributed by atoms with van der Waals surface area (Å²) in [6.07, 6.45) is 4.18. The Morgan fingerprint density at radius 1 is 1.12 bits per heavy atom. The van der Waals surface area contributed by atoms with Crippen LogP contribution >= 0.6 is 35.3 Å². The maximum Gasteiger partial charge on any atom is 0.191 e. The number of guanidine groups is 1. The molecule has 2 heterocycles. The predicted molar refractivity (Wildman–Crippen MR) is 147 cm³/mol. The molecule has 33 heavy (non-hydrogen) atoms. The lowest BCUT2D eigenvalue weighted by Gasteiger charge is -2.14. The summed E-state index contributed by atoms with van der Waals surface area (Å²) in [6, 6.07) is 20.7. The lowest BCUT2D eigenvalue weighted by Crippen LogP contribution is -2.39. The highest BCUT2D eigenvalue weighted by Crippen LogP contribution is 2.29. The number of aromatic nitrogens is 2. The summed E-state index contributed by atoms with van der Waals surface area (Å²) in [6.45, 7) is 4.49. The largest absolute Gasteiger partial charge is 0.386 e. The quantitative estimate of drug-likeness (QED) is 0.153. The van der Waals surface area contributed by atoms with Crippen molar-refractivity contribution in [1.82, 2.24) is 20.2 Å². The Morgan fingerprint density at radius 2 is 1.91 bits per heavy atom. The number of benzene rings is 2. The molecule has 0 radical (unpaired) electrons. The Kier molecular flexibility index (Phi) is 9.71. The van der Waals surface area contributed by atoms with Crippen molar-refractivity contribution in [1.29, 1.82) is 0 Å². The third kappa shape index (κ3) is 7.02. The van der Waals surface area contributed by atoms with Crippen LogP contribution in [-0.2, 0) is 19.5 Å². The Bertz CT molecular complexity index is 1120. The number of rotatable bonds is 9. The molecule has 2 aromatic carbocycles. The highest BCUT2D eigenvalue weighted by molar-refractivity contribution is 14.0. The van der Waals surface area contributed by atoms with E-state index in [-0.39, 0.29) is 24.0 Å². The van der Waals surface area contributed by atoms with E-state index in [1.165, 1.54) is 10.3 Å². The first-order chi connectivity index (χ1) is 15.7. The second-order valence-electron chi connectivity index (χ2n) is 7.55. The highest BCUT2D eigenvalue weighted by Gasteiger charge is 2.12. The van der Waals surface area contributed by atoms with Gasteiger partial charge in [0, 0.05) is 41.6 Å². The minimum Gasteiger partial charge on any atom is -0.386 e. The van der Waals surface area contributed by atoms with Crippen LogP contribution in [0, 0.1) is 0 Å². The number of halogens is 1. The maximum atomic E-state index is 10.7. The molecule has 2 aromatic heterocycles. The summed E-state index contributed by atoms with van der Waals surface area (Å²) in [5.41, 5.74) is 1.31. The topological polar surface area (TPSA) is 74.5 Å². The van der Waals surface area contributed by atoms with E-state index in [0.29, 0.717) is 19.0 Å². The van der Waals surface area contributed by atoms with Gasteiger partial charge in [-0.1, -0.05) is 48.5 Å². The molecule has 0 aliphatic rings. The summed E-state index contributed by atoms with van der Waals surface area (Å²) < 4.78 is 3.33. The minimum atomic E-state index is -0.593. The number of aryl methyl sites for hydroxylation is 2. The first kappa shape index (κ1) is 25.2. The van der Waals surface area contributed by atoms with Crippen LogP contribution < -0.4 is 10.6 Å². The fraction of sp³-hybridized carbons (Fsp3) is 0.280. The van der Waals surface area contributed by atoms with Gasteiger partial charge >= 0.3 is 0 Å². The minimum absolute atomic E-state index is 0. The molecular formula is C25H30IN5OS. The molecule has 1 atom stereocenters. The van der Waals surface area contributed by atoms with Gasteiger partial charge in [-0.2, -0.15) is 0 Å². The predicted octanol–water partition coefficient (Wildman–Crippen LogP) is 4.75. The van der Waals surface area contributed by atoms with Gasteiger partial charge in [0.1, 0.15) is 18.5 Å². The second-order valence-corrected chi connectivity index (χ2v) is 8.67. The number of hydrogen-bond donors (Lipinski definition) is 3. The number of aliphatic hydroxyl groups excluding tert-OH is 1. The molecule has 4 rings (SSSR count). The van der Waals surface area contributed by atoms with E-state index in [9.17, 15) is 5.11 Å². The number of aliphatic imine (C=N–C) groups is 1. The van der Waals surface area contributed by atoms with Gasteiger partial charge in [-0.05, 0) is 36.4 Å². The third-order valence-electron chi connectivity index (χ3n) is 5.24. The molecule has 6 nitrogen and oxygen atoms in total. The molecule has 0 amide bonds. The molecule has 0 saturated carbocycles. The molecule has 1 unspecified atom stereocenters. The molecule has 4 aromatic rings. The third-order valence-corrected chi connectivity index (χ3v) is 6.46. The Hall–Kier alpha value is -2.43. The molecule has 3 N–H and O–H groups in total. The molecular weight excluding hydrogens is 545 g/mol. The summed E-state index contributed by atoms with van der Waals surface area (Å²) in [7, 11) is 0. The average Bonchev–Trinajstić information content (AvgIpc) is 3.46. The van der Waals surface area contributed by atoms with E-state index in [4.69, 9.17) is 0 Å². The summed E-state index contributed by atoms with van der Waals surface area (Å²) in [4.78, 5) is 10.1. The second kappa shape index (κ2) is 12.7. The van der Waals surface area contributed by atoms with Crippen molar-refractivity contribution in [2.24, 2.45) is 4.99 Å². The van der Waals surface area contributed by atoms with Crippen LogP contribution in [0.25, 0.3) is 10.1 Å². The smallest absolute Gasteiger partial charge is 0.191 e. The monoisotopic (exact) mass is 575 g/mol. The van der Waals surface area contributed by atoms with Gasteiger partial charge in [0.15, 0.2) is 5.96 Å². The van der Waals surface area contributed by atoms with Gasteiger partial charge in [-0.25, -0.2) is 9.98 Å². The van der Waals surface area contributed by atoms with Crippen molar-refractivity contribution >= 4 is 51.4 Å². The van der Waals surface area contributed by atoms with E-state index in [1.54, 1.807) is 11.3 Å². The number of hydrogen-bond acceptors (Lipinski definition) is 4. The maximum absolute atomic E-state index is 10.7. The molecule has 0 aliphatic heterocycles. The SMILES string of the molecule is CCNC(=NCc1nccn1CCc1ccccc1)NCC(O)c1cc2ccccc2s1.I. The van der Waals surface area contributed by atoms with Crippen molar-refractivity contribution in [3.05, 3.63) is 89.3 Å². The average molecular weight is 576 g/mol. The Labute approximate surface area is 215 Å². The number of fused-ring (bicyclic) bond motifs is 1. The molecule has 0 spiro atoms. The van der Waals surface area contributed by atoms with Crippen molar-refractivity contribution < 1.29 is 5.11 Å². The number of nitrogens with one attached hydrogen (secondary N) is 2. The molecule has 8 heteroatoms. The summed E-state index contributed by atoms with van der Waals surface area (Å²) in [5, 5.41) is 18.3. The van der Waals surface area contributed by atoms with E-state index in [2.05, 4.69) is 67.6 Å². The van der Waals surface area contributed by atoms with Crippen LogP contribution in [0.1, 0.15) is 29.3 Å². The highest BCUT2D eigenvalue weighted by atomic mass is 127. The number of aliphatic hydroxyl groups is 1. The van der Waals surface area contributed by atoms with Crippen molar-refractivity contribution in [2.75, 3.05) is 13.1 Å². The zero-order valence-corrected chi connectivity index (χ0v) is 21.8. The van der Waals surface area contributed by atoms with Crippen LogP contribution in [0.15, 0.2) is 78.0 Å². The molecule has 0 bridgehead atoms. The number of nitrogens with zero attached hydrogens (tertiary/aromatic N) is 3. The standard InChI is InChI=1S/C25H29N5OS.HI/c1-2-26-25(28-17-21(31)23-16-20-10-6-7-11-22(20)32-23)29-18-24-27-13-15-30(24)14-12-19-8-4-3-5-9-19;/h3-11,13,15-16,21,31H,2,12,14,17-18H2,1H3,(H2,26,28,29);1H. The molecule has 174 valence electrons. The van der Waals surface area contributed by atoms with Gasteiger partial charge < -0.3 is 20.3 Å². The van der Waals surface area contributed by atoms with E-state index in [0.717, 1.165) is 35.6 Å². The van der Waals surface area contributed by atoms with E-state index in [1.807, 2.05) is 37.5 Å². The molecule has 0 saturated heterocycles. The first-order valence-electron chi connectivity index (χ1n) is 11.0. The lowest BCUT2D eigenvalue weighted by molar-refractivity contribution is 0.184. The zero-order valence-electron chi connectivity index (χ0n) is 18.6. The van der Waals surface area contributed by atoms with Crippen LogP contribution in [0.2, 0.25) is 0 Å². The van der Waals surface area contributed by atoms with Crippen molar-refractivity contribution in [3.63, 3.8) is 0 Å². The number of imidazole rings is 1. The fourth-order valence-electron chi connectivity index (χ4n) is 3.54. The summed E-state index contributed by atoms with van der Waals surface area (Å²) in [5.74, 6) is 1.59. The molecule has 0 aliphatic carbocycles. The van der Waals surface area contributed by atoms with Gasteiger partial charge in [-0.3, -0.25) is 0 Å². The van der Waals surface area contributed by atoms with Crippen molar-refractivity contribution in [3.8, 4) is 0 Å². The zero-order chi connectivity index (χ0) is 22.2. The van der Waals surface area contributed by atoms with Gasteiger partial charge in [0.2, 0.25) is 0 Å². The normalized spacial score (nSPS) is 12.4.